The third-order valence-electron chi connectivity index (χ3n) is 4.34. The maximum Gasteiger partial charge on any atom is 0.274 e. The van der Waals surface area contributed by atoms with Crippen LogP contribution in [0.4, 0.5) is 0 Å². The minimum absolute atomic E-state index is 0.0110. The van der Waals surface area contributed by atoms with Crippen LogP contribution in [0.5, 0.6) is 0 Å². The van der Waals surface area contributed by atoms with Gasteiger partial charge in [-0.05, 0) is 39.3 Å². The van der Waals surface area contributed by atoms with Crippen molar-refractivity contribution in [1.82, 2.24) is 25.1 Å². The van der Waals surface area contributed by atoms with Gasteiger partial charge in [-0.3, -0.25) is 14.6 Å². The molecule has 2 rings (SSSR count). The fraction of sp³-hybridized carbons (Fsp3) is 0.667. The van der Waals surface area contributed by atoms with Gasteiger partial charge < -0.3 is 15.1 Å². The molecule has 1 aromatic rings. The van der Waals surface area contributed by atoms with Crippen LogP contribution in [-0.4, -0.2) is 70.9 Å². The van der Waals surface area contributed by atoms with E-state index in [0.717, 1.165) is 31.7 Å². The lowest BCUT2D eigenvalue weighted by molar-refractivity contribution is -0.121. The van der Waals surface area contributed by atoms with E-state index in [4.69, 9.17) is 0 Å². The van der Waals surface area contributed by atoms with Gasteiger partial charge in [-0.2, -0.15) is 0 Å². The number of likely N-dealkylation sites (tertiary alicyclic amines) is 1. The largest absolute Gasteiger partial charge is 0.355 e. The number of aryl methyl sites for hydroxylation is 1. The molecular weight excluding hydrogens is 318 g/mol. The molecule has 0 aliphatic carbocycles. The van der Waals surface area contributed by atoms with E-state index < -0.39 is 0 Å². The number of rotatable bonds is 9. The lowest BCUT2D eigenvalue weighted by atomic mass is 10.3. The molecule has 0 saturated carbocycles. The highest BCUT2D eigenvalue weighted by atomic mass is 16.2. The quantitative estimate of drug-likeness (QED) is 0.727. The molecule has 0 bridgehead atoms. The van der Waals surface area contributed by atoms with Crippen molar-refractivity contribution in [3.8, 4) is 0 Å². The predicted octanol–water partition coefficient (Wildman–Crippen LogP) is 1.24. The predicted molar refractivity (Wildman–Crippen MR) is 96.3 cm³/mol. The first-order valence-electron chi connectivity index (χ1n) is 9.17. The van der Waals surface area contributed by atoms with Crippen LogP contribution in [0, 0.1) is 6.92 Å². The number of carbonyl (C=O) groups is 2. The number of carbonyl (C=O) groups excluding carboxylic acids is 2. The second-order valence-electron chi connectivity index (χ2n) is 6.48. The molecule has 1 saturated heterocycles. The van der Waals surface area contributed by atoms with Crippen LogP contribution in [0.3, 0.4) is 0 Å². The van der Waals surface area contributed by atoms with Crippen LogP contribution in [0.25, 0.3) is 0 Å². The second-order valence-corrected chi connectivity index (χ2v) is 6.48. The molecule has 2 heterocycles. The van der Waals surface area contributed by atoms with Gasteiger partial charge in [-0.25, -0.2) is 4.98 Å². The highest BCUT2D eigenvalue weighted by Crippen LogP contribution is 2.06. The lowest BCUT2D eigenvalue weighted by Crippen LogP contribution is -2.38. The van der Waals surface area contributed by atoms with Crippen molar-refractivity contribution in [2.75, 3.05) is 39.3 Å². The first kappa shape index (κ1) is 19.3. The maximum absolute atomic E-state index is 12.5. The van der Waals surface area contributed by atoms with Gasteiger partial charge in [-0.15, -0.1) is 0 Å². The number of amides is 2. The topological polar surface area (TPSA) is 78.4 Å². The van der Waals surface area contributed by atoms with Crippen LogP contribution in [0.15, 0.2) is 12.4 Å². The molecule has 25 heavy (non-hydrogen) atoms. The van der Waals surface area contributed by atoms with Crippen LogP contribution in [-0.2, 0) is 4.79 Å². The molecule has 2 amide bonds. The van der Waals surface area contributed by atoms with Crippen molar-refractivity contribution >= 4 is 11.8 Å². The summed E-state index contributed by atoms with van der Waals surface area (Å²) in [4.78, 5) is 36.9. The standard InChI is InChI=1S/C18H29N5O2/c1-3-8-23(18(25)16-14-20-15(2)13-21-16)11-6-17(24)19-7-12-22-9-4-5-10-22/h13-14H,3-12H2,1-2H3,(H,19,24). The van der Waals surface area contributed by atoms with Gasteiger partial charge >= 0.3 is 0 Å². The minimum Gasteiger partial charge on any atom is -0.355 e. The molecular formula is C18H29N5O2. The van der Waals surface area contributed by atoms with Crippen molar-refractivity contribution in [3.05, 3.63) is 23.8 Å². The van der Waals surface area contributed by atoms with Gasteiger partial charge in [0.15, 0.2) is 0 Å². The molecule has 7 nitrogen and oxygen atoms in total. The Kier molecular flexibility index (Phi) is 7.78. The Morgan fingerprint density at radius 2 is 1.96 bits per heavy atom. The van der Waals surface area contributed by atoms with Gasteiger partial charge in [0, 0.05) is 38.8 Å². The number of hydrogen-bond acceptors (Lipinski definition) is 5. The Bertz CT molecular complexity index is 555. The molecule has 0 spiro atoms. The molecule has 138 valence electrons. The number of nitrogens with zero attached hydrogens (tertiary/aromatic N) is 4. The Balaban J connectivity index is 1.76. The summed E-state index contributed by atoms with van der Waals surface area (Å²) in [6.45, 7) is 8.69. The zero-order chi connectivity index (χ0) is 18.1. The van der Waals surface area contributed by atoms with Crippen molar-refractivity contribution in [3.63, 3.8) is 0 Å². The smallest absolute Gasteiger partial charge is 0.274 e. The second kappa shape index (κ2) is 10.1. The average Bonchev–Trinajstić information content (AvgIpc) is 3.12. The Morgan fingerprint density at radius 1 is 1.20 bits per heavy atom. The van der Waals surface area contributed by atoms with Crippen LogP contribution in [0.2, 0.25) is 0 Å². The fourth-order valence-electron chi connectivity index (χ4n) is 2.93. The zero-order valence-electron chi connectivity index (χ0n) is 15.3. The van der Waals surface area contributed by atoms with Crippen molar-refractivity contribution < 1.29 is 9.59 Å². The number of nitrogens with one attached hydrogen (secondary N) is 1. The summed E-state index contributed by atoms with van der Waals surface area (Å²) in [6.07, 6.45) is 6.74. The van der Waals surface area contributed by atoms with E-state index in [0.29, 0.717) is 31.7 Å². The fourth-order valence-corrected chi connectivity index (χ4v) is 2.93. The number of aromatic nitrogens is 2. The Hall–Kier alpha value is -2.02. The van der Waals surface area contributed by atoms with Crippen molar-refractivity contribution in [2.45, 2.75) is 39.5 Å². The summed E-state index contributed by atoms with van der Waals surface area (Å²) in [7, 11) is 0. The van der Waals surface area contributed by atoms with Crippen molar-refractivity contribution in [1.29, 1.82) is 0 Å². The zero-order valence-corrected chi connectivity index (χ0v) is 15.3. The van der Waals surface area contributed by atoms with E-state index >= 15 is 0 Å². The van der Waals surface area contributed by atoms with Gasteiger partial charge in [0.2, 0.25) is 5.91 Å². The van der Waals surface area contributed by atoms with Crippen molar-refractivity contribution in [2.24, 2.45) is 0 Å². The summed E-state index contributed by atoms with van der Waals surface area (Å²) < 4.78 is 0. The van der Waals surface area contributed by atoms with Gasteiger partial charge in [-0.1, -0.05) is 6.92 Å². The molecule has 0 aromatic carbocycles. The van der Waals surface area contributed by atoms with E-state index in [1.54, 1.807) is 11.1 Å². The minimum atomic E-state index is -0.167. The molecule has 1 aliphatic heterocycles. The van der Waals surface area contributed by atoms with E-state index in [9.17, 15) is 9.59 Å². The summed E-state index contributed by atoms with van der Waals surface area (Å²) in [5.41, 5.74) is 1.10. The van der Waals surface area contributed by atoms with E-state index in [1.807, 2.05) is 13.8 Å². The van der Waals surface area contributed by atoms with Crippen LogP contribution >= 0.6 is 0 Å². The molecule has 0 unspecified atom stereocenters. The lowest BCUT2D eigenvalue weighted by Gasteiger charge is -2.21. The van der Waals surface area contributed by atoms with E-state index in [2.05, 4.69) is 20.2 Å². The van der Waals surface area contributed by atoms with Gasteiger partial charge in [0.25, 0.3) is 5.91 Å². The Labute approximate surface area is 149 Å². The Morgan fingerprint density at radius 3 is 2.60 bits per heavy atom. The van der Waals surface area contributed by atoms with E-state index in [-0.39, 0.29) is 11.8 Å². The third-order valence-corrected chi connectivity index (χ3v) is 4.34. The van der Waals surface area contributed by atoms with Crippen LogP contribution < -0.4 is 5.32 Å². The molecule has 0 atom stereocenters. The first-order chi connectivity index (χ1) is 12.1. The average molecular weight is 347 g/mol. The monoisotopic (exact) mass is 347 g/mol. The summed E-state index contributed by atoms with van der Waals surface area (Å²) >= 11 is 0. The molecule has 1 N–H and O–H groups in total. The van der Waals surface area contributed by atoms with Crippen LogP contribution in [0.1, 0.15) is 48.8 Å². The molecule has 1 aliphatic rings. The van der Waals surface area contributed by atoms with E-state index in [1.165, 1.54) is 19.0 Å². The highest BCUT2D eigenvalue weighted by Gasteiger charge is 2.18. The molecule has 1 fully saturated rings. The maximum atomic E-state index is 12.5. The SMILES string of the molecule is CCCN(CCC(=O)NCCN1CCCC1)C(=O)c1cnc(C)cn1. The number of hydrogen-bond donors (Lipinski definition) is 1. The molecule has 0 radical (unpaired) electrons. The molecule has 7 heteroatoms. The third kappa shape index (κ3) is 6.42. The first-order valence-corrected chi connectivity index (χ1v) is 9.17. The summed E-state index contributed by atoms with van der Waals surface area (Å²) in [5.74, 6) is -0.178. The van der Waals surface area contributed by atoms with Gasteiger partial charge in [0.05, 0.1) is 11.9 Å². The normalized spacial score (nSPS) is 14.5. The van der Waals surface area contributed by atoms with Gasteiger partial charge in [0.1, 0.15) is 5.69 Å². The highest BCUT2D eigenvalue weighted by molar-refractivity contribution is 5.92. The molecule has 1 aromatic heterocycles. The summed E-state index contributed by atoms with van der Waals surface area (Å²) in [6, 6.07) is 0. The summed E-state index contributed by atoms with van der Waals surface area (Å²) in [5, 5.41) is 2.95.